The SMILES string of the molecule is [CH]C1(c2nc3c(c(-c4cccc(Cl)c4)c2-c2nnn[nH]2)CCCCC3)CCCC1. The Balaban J connectivity index is 1.87. The third kappa shape index (κ3) is 3.35. The lowest BCUT2D eigenvalue weighted by atomic mass is 9.78. The second kappa shape index (κ2) is 7.52. The van der Waals surface area contributed by atoms with Gasteiger partial charge in [0.2, 0.25) is 0 Å². The molecule has 1 N–H and O–H groups in total. The summed E-state index contributed by atoms with van der Waals surface area (Å²) in [5.74, 6) is 0.631. The van der Waals surface area contributed by atoms with E-state index >= 15 is 0 Å². The average Bonchev–Trinajstić information content (AvgIpc) is 3.35. The molecule has 3 aromatic rings. The molecule has 2 aliphatic carbocycles. The number of benzene rings is 1. The van der Waals surface area contributed by atoms with Gasteiger partial charge in [-0.15, -0.1) is 5.10 Å². The van der Waals surface area contributed by atoms with E-state index in [1.807, 2.05) is 18.2 Å². The first-order valence-corrected chi connectivity index (χ1v) is 10.9. The molecule has 5 rings (SSSR count). The van der Waals surface area contributed by atoms with Crippen molar-refractivity contribution < 1.29 is 0 Å². The number of rotatable bonds is 3. The summed E-state index contributed by atoms with van der Waals surface area (Å²) in [4.78, 5) is 5.22. The summed E-state index contributed by atoms with van der Waals surface area (Å²) in [7, 11) is 0. The number of nitrogens with zero attached hydrogens (tertiary/aromatic N) is 4. The van der Waals surface area contributed by atoms with E-state index in [1.165, 1.54) is 17.7 Å². The zero-order valence-corrected chi connectivity index (χ0v) is 17.2. The van der Waals surface area contributed by atoms with E-state index in [9.17, 15) is 0 Å². The standard InChI is InChI=1S/C23H24ClN5/c1-23(12-5-6-13-23)21-20(22-26-28-29-27-22)19(15-8-7-9-16(24)14-15)17-10-3-2-4-11-18(17)25-21/h1,7-9,14H,2-6,10-13H2,(H,26,27,28,29). The lowest BCUT2D eigenvalue weighted by Crippen LogP contribution is -2.23. The maximum Gasteiger partial charge on any atom is 0.181 e. The number of halogens is 1. The van der Waals surface area contributed by atoms with Gasteiger partial charge in [-0.1, -0.05) is 43.0 Å². The summed E-state index contributed by atoms with van der Waals surface area (Å²) >= 11 is 6.39. The number of hydrogen-bond donors (Lipinski definition) is 1. The number of aromatic amines is 1. The lowest BCUT2D eigenvalue weighted by Gasteiger charge is -2.29. The molecule has 0 spiro atoms. The Morgan fingerprint density at radius 1 is 1.00 bits per heavy atom. The van der Waals surface area contributed by atoms with Crippen molar-refractivity contribution in [3.63, 3.8) is 0 Å². The molecule has 1 saturated carbocycles. The number of hydrogen-bond acceptors (Lipinski definition) is 4. The Morgan fingerprint density at radius 2 is 1.83 bits per heavy atom. The number of pyridine rings is 1. The summed E-state index contributed by atoms with van der Waals surface area (Å²) in [6.07, 6.45) is 9.63. The number of fused-ring (bicyclic) bond motifs is 1. The molecular formula is C23H24ClN5. The molecular weight excluding hydrogens is 382 g/mol. The van der Waals surface area contributed by atoms with Gasteiger partial charge in [-0.2, -0.15) is 0 Å². The third-order valence-corrected chi connectivity index (χ3v) is 6.62. The molecule has 2 aromatic heterocycles. The van der Waals surface area contributed by atoms with Crippen molar-refractivity contribution in [1.82, 2.24) is 25.6 Å². The predicted molar refractivity (Wildman–Crippen MR) is 114 cm³/mol. The first-order valence-electron chi connectivity index (χ1n) is 10.5. The molecule has 1 aromatic carbocycles. The van der Waals surface area contributed by atoms with E-state index in [-0.39, 0.29) is 0 Å². The van der Waals surface area contributed by atoms with E-state index in [2.05, 4.69) is 26.7 Å². The largest absolute Gasteiger partial charge is 0.256 e. The van der Waals surface area contributed by atoms with Gasteiger partial charge < -0.3 is 0 Å². The van der Waals surface area contributed by atoms with Gasteiger partial charge in [0, 0.05) is 16.1 Å². The van der Waals surface area contributed by atoms with Crippen LogP contribution in [0.1, 0.15) is 61.9 Å². The molecule has 29 heavy (non-hydrogen) atoms. The van der Waals surface area contributed by atoms with Crippen LogP contribution in [0.25, 0.3) is 22.5 Å². The molecule has 0 amide bonds. The summed E-state index contributed by atoms with van der Waals surface area (Å²) in [6, 6.07) is 8.04. The molecule has 0 unspecified atom stereocenters. The molecule has 5 nitrogen and oxygen atoms in total. The highest BCUT2D eigenvalue weighted by molar-refractivity contribution is 6.30. The molecule has 2 aliphatic rings. The zero-order chi connectivity index (χ0) is 19.8. The van der Waals surface area contributed by atoms with Crippen molar-refractivity contribution >= 4 is 11.6 Å². The lowest BCUT2D eigenvalue weighted by molar-refractivity contribution is 0.533. The van der Waals surface area contributed by atoms with Crippen molar-refractivity contribution in [2.45, 2.75) is 63.2 Å². The minimum absolute atomic E-state index is 0.448. The second-order valence-corrected chi connectivity index (χ2v) is 8.76. The van der Waals surface area contributed by atoms with Crippen LogP contribution in [0.5, 0.6) is 0 Å². The monoisotopic (exact) mass is 405 g/mol. The van der Waals surface area contributed by atoms with E-state index < -0.39 is 5.41 Å². The highest BCUT2D eigenvalue weighted by Crippen LogP contribution is 2.48. The van der Waals surface area contributed by atoms with Gasteiger partial charge in [-0.25, -0.2) is 5.10 Å². The molecule has 0 atom stereocenters. The normalized spacial score (nSPS) is 18.4. The Labute approximate surface area is 176 Å². The van der Waals surface area contributed by atoms with Crippen LogP contribution in [0.15, 0.2) is 24.3 Å². The van der Waals surface area contributed by atoms with Gasteiger partial charge in [0.1, 0.15) is 0 Å². The minimum Gasteiger partial charge on any atom is -0.256 e. The van der Waals surface area contributed by atoms with Crippen molar-refractivity contribution in [3.05, 3.63) is 53.2 Å². The van der Waals surface area contributed by atoms with Crippen LogP contribution in [0.3, 0.4) is 0 Å². The molecule has 0 aliphatic heterocycles. The highest BCUT2D eigenvalue weighted by Gasteiger charge is 2.38. The summed E-state index contributed by atoms with van der Waals surface area (Å²) < 4.78 is 0. The van der Waals surface area contributed by atoms with Crippen LogP contribution in [0.4, 0.5) is 0 Å². The van der Waals surface area contributed by atoms with Crippen LogP contribution in [0.2, 0.25) is 5.02 Å². The van der Waals surface area contributed by atoms with Crippen LogP contribution in [-0.4, -0.2) is 25.6 Å². The highest BCUT2D eigenvalue weighted by atomic mass is 35.5. The van der Waals surface area contributed by atoms with Gasteiger partial charge >= 0.3 is 0 Å². The van der Waals surface area contributed by atoms with Gasteiger partial charge in [-0.3, -0.25) is 4.98 Å². The van der Waals surface area contributed by atoms with Crippen molar-refractivity contribution in [1.29, 1.82) is 0 Å². The van der Waals surface area contributed by atoms with Gasteiger partial charge in [-0.05, 0) is 84.7 Å². The van der Waals surface area contributed by atoms with Crippen molar-refractivity contribution in [3.8, 4) is 22.5 Å². The van der Waals surface area contributed by atoms with Crippen LogP contribution >= 0.6 is 11.6 Å². The van der Waals surface area contributed by atoms with Crippen LogP contribution in [-0.2, 0) is 18.3 Å². The Kier molecular flexibility index (Phi) is 4.86. The van der Waals surface area contributed by atoms with E-state index in [4.69, 9.17) is 23.5 Å². The molecule has 148 valence electrons. The third-order valence-electron chi connectivity index (χ3n) is 6.39. The average molecular weight is 406 g/mol. The maximum atomic E-state index is 6.97. The van der Waals surface area contributed by atoms with E-state index in [0.29, 0.717) is 10.8 Å². The number of H-pyrrole nitrogens is 1. The Bertz CT molecular complexity index is 1020. The molecule has 2 radical (unpaired) electrons. The fourth-order valence-electron chi connectivity index (χ4n) is 4.98. The number of nitrogens with one attached hydrogen (secondary N) is 1. The topological polar surface area (TPSA) is 67.3 Å². The fraction of sp³-hybridized carbons (Fsp3) is 0.435. The van der Waals surface area contributed by atoms with E-state index in [0.717, 1.165) is 73.8 Å². The molecule has 2 heterocycles. The second-order valence-electron chi connectivity index (χ2n) is 8.32. The smallest absolute Gasteiger partial charge is 0.181 e. The summed E-state index contributed by atoms with van der Waals surface area (Å²) in [6.45, 7) is 6.97. The zero-order valence-electron chi connectivity index (χ0n) is 16.4. The minimum atomic E-state index is -0.448. The number of tetrazole rings is 1. The molecule has 0 saturated heterocycles. The number of aromatic nitrogens is 5. The Hall–Kier alpha value is -2.27. The first-order chi connectivity index (χ1) is 14.2. The molecule has 6 heteroatoms. The summed E-state index contributed by atoms with van der Waals surface area (Å²) in [5, 5.41) is 15.7. The summed E-state index contributed by atoms with van der Waals surface area (Å²) in [5.41, 5.74) is 6.13. The van der Waals surface area contributed by atoms with Crippen LogP contribution < -0.4 is 0 Å². The van der Waals surface area contributed by atoms with Crippen LogP contribution in [0, 0.1) is 6.92 Å². The molecule has 1 fully saturated rings. The Morgan fingerprint density at radius 3 is 2.59 bits per heavy atom. The fourth-order valence-corrected chi connectivity index (χ4v) is 5.17. The van der Waals surface area contributed by atoms with Crippen molar-refractivity contribution in [2.24, 2.45) is 0 Å². The molecule has 0 bridgehead atoms. The maximum absolute atomic E-state index is 6.97. The predicted octanol–water partition coefficient (Wildman–Crippen LogP) is 5.37. The van der Waals surface area contributed by atoms with Gasteiger partial charge in [0.05, 0.1) is 11.3 Å². The quantitative estimate of drug-likeness (QED) is 0.594. The van der Waals surface area contributed by atoms with Gasteiger partial charge in [0.15, 0.2) is 5.82 Å². The van der Waals surface area contributed by atoms with Crippen molar-refractivity contribution in [2.75, 3.05) is 0 Å². The van der Waals surface area contributed by atoms with Gasteiger partial charge in [0.25, 0.3) is 0 Å². The number of aryl methyl sites for hydroxylation is 1. The first kappa shape index (κ1) is 18.7. The van der Waals surface area contributed by atoms with E-state index in [1.54, 1.807) is 0 Å².